The molecule has 0 spiro atoms. The molecule has 1 atom stereocenters. The van der Waals surface area contributed by atoms with Gasteiger partial charge in [-0.05, 0) is 40.0 Å². The predicted molar refractivity (Wildman–Crippen MR) is 75.6 cm³/mol. The third-order valence-corrected chi connectivity index (χ3v) is 3.19. The lowest BCUT2D eigenvalue weighted by Gasteiger charge is -2.15. The maximum Gasteiger partial charge on any atom is 0.123 e. The molecule has 1 aromatic carbocycles. The first-order chi connectivity index (χ1) is 8.70. The van der Waals surface area contributed by atoms with Crippen LogP contribution in [0.5, 0.6) is 5.75 Å². The van der Waals surface area contributed by atoms with Crippen molar-refractivity contribution in [1.82, 2.24) is 4.98 Å². The normalized spacial score (nSPS) is 12.2. The van der Waals surface area contributed by atoms with E-state index < -0.39 is 0 Å². The summed E-state index contributed by atoms with van der Waals surface area (Å²) in [7, 11) is 1.66. The van der Waals surface area contributed by atoms with Crippen LogP contribution in [0.3, 0.4) is 0 Å². The molecule has 1 heterocycles. The van der Waals surface area contributed by atoms with Crippen LogP contribution in [0.4, 0.5) is 0 Å². The van der Waals surface area contributed by atoms with Crippen molar-refractivity contribution in [2.24, 2.45) is 5.73 Å². The molecule has 2 rings (SSSR count). The Bertz CT molecular complexity index is 531. The second-order valence-electron chi connectivity index (χ2n) is 4.06. The zero-order valence-corrected chi connectivity index (χ0v) is 11.7. The highest BCUT2D eigenvalue weighted by Gasteiger charge is 2.12. The fourth-order valence-electron chi connectivity index (χ4n) is 1.90. The number of halogens is 1. The average Bonchev–Trinajstić information content (AvgIpc) is 2.38. The van der Waals surface area contributed by atoms with Crippen LogP contribution < -0.4 is 10.5 Å². The Morgan fingerprint density at radius 1 is 1.33 bits per heavy atom. The maximum atomic E-state index is 6.23. The standard InChI is InChI=1S/C14H15BrN2O/c1-18-14-5-3-2-4-12(14)13(16)7-10-6-11(15)9-17-8-10/h2-6,8-9,13H,7,16H2,1H3. The summed E-state index contributed by atoms with van der Waals surface area (Å²) in [4.78, 5) is 4.14. The number of hydrogen-bond donors (Lipinski definition) is 1. The highest BCUT2D eigenvalue weighted by atomic mass is 79.9. The number of methoxy groups -OCH3 is 1. The number of hydrogen-bond acceptors (Lipinski definition) is 3. The van der Waals surface area contributed by atoms with Gasteiger partial charge in [-0.2, -0.15) is 0 Å². The molecule has 0 aliphatic heterocycles. The van der Waals surface area contributed by atoms with Gasteiger partial charge < -0.3 is 10.5 Å². The molecule has 4 heteroatoms. The molecule has 2 N–H and O–H groups in total. The molecular formula is C14H15BrN2O. The molecule has 0 saturated heterocycles. The van der Waals surface area contributed by atoms with Gasteiger partial charge in [0, 0.05) is 28.5 Å². The summed E-state index contributed by atoms with van der Waals surface area (Å²) in [6, 6.07) is 9.76. The predicted octanol–water partition coefficient (Wildman–Crippen LogP) is 3.10. The van der Waals surface area contributed by atoms with Gasteiger partial charge in [0.15, 0.2) is 0 Å². The second-order valence-corrected chi connectivity index (χ2v) is 4.98. The fraction of sp³-hybridized carbons (Fsp3) is 0.214. The largest absolute Gasteiger partial charge is 0.496 e. The van der Waals surface area contributed by atoms with Crippen molar-refractivity contribution in [3.63, 3.8) is 0 Å². The number of benzene rings is 1. The van der Waals surface area contributed by atoms with Crippen LogP contribution in [-0.4, -0.2) is 12.1 Å². The lowest BCUT2D eigenvalue weighted by Crippen LogP contribution is -2.14. The average molecular weight is 307 g/mol. The van der Waals surface area contributed by atoms with Gasteiger partial charge in [-0.25, -0.2) is 0 Å². The molecule has 0 bridgehead atoms. The minimum Gasteiger partial charge on any atom is -0.496 e. The molecule has 94 valence electrons. The Morgan fingerprint density at radius 3 is 2.83 bits per heavy atom. The molecule has 1 unspecified atom stereocenters. The number of nitrogens with zero attached hydrogens (tertiary/aromatic N) is 1. The van der Waals surface area contributed by atoms with Gasteiger partial charge in [-0.3, -0.25) is 4.98 Å². The molecule has 0 radical (unpaired) electrons. The zero-order chi connectivity index (χ0) is 13.0. The molecule has 2 aromatic rings. The van der Waals surface area contributed by atoms with E-state index in [1.807, 2.05) is 36.5 Å². The van der Waals surface area contributed by atoms with Crippen LogP contribution in [0.1, 0.15) is 17.2 Å². The summed E-state index contributed by atoms with van der Waals surface area (Å²) < 4.78 is 6.29. The number of para-hydroxylation sites is 1. The SMILES string of the molecule is COc1ccccc1C(N)Cc1cncc(Br)c1. The summed E-state index contributed by atoms with van der Waals surface area (Å²) >= 11 is 3.41. The lowest BCUT2D eigenvalue weighted by atomic mass is 10.00. The van der Waals surface area contributed by atoms with Gasteiger partial charge in [-0.1, -0.05) is 18.2 Å². The van der Waals surface area contributed by atoms with E-state index in [2.05, 4.69) is 20.9 Å². The number of nitrogens with two attached hydrogens (primary N) is 1. The van der Waals surface area contributed by atoms with Crippen molar-refractivity contribution in [2.45, 2.75) is 12.5 Å². The molecule has 0 aliphatic carbocycles. The first-order valence-electron chi connectivity index (χ1n) is 5.68. The Morgan fingerprint density at radius 2 is 2.11 bits per heavy atom. The van der Waals surface area contributed by atoms with Gasteiger partial charge in [0.05, 0.1) is 7.11 Å². The Hall–Kier alpha value is -1.39. The first kappa shape index (κ1) is 13.1. The highest BCUT2D eigenvalue weighted by molar-refractivity contribution is 9.10. The first-order valence-corrected chi connectivity index (χ1v) is 6.48. The van der Waals surface area contributed by atoms with Gasteiger partial charge >= 0.3 is 0 Å². The van der Waals surface area contributed by atoms with Crippen LogP contribution >= 0.6 is 15.9 Å². The quantitative estimate of drug-likeness (QED) is 0.944. The summed E-state index contributed by atoms with van der Waals surface area (Å²) in [6.07, 6.45) is 4.32. The van der Waals surface area contributed by atoms with Gasteiger partial charge in [-0.15, -0.1) is 0 Å². The molecule has 1 aromatic heterocycles. The lowest BCUT2D eigenvalue weighted by molar-refractivity contribution is 0.405. The molecule has 0 aliphatic rings. The molecule has 0 amide bonds. The van der Waals surface area contributed by atoms with Crippen molar-refractivity contribution in [3.05, 3.63) is 58.3 Å². The van der Waals surface area contributed by atoms with Crippen LogP contribution in [0.2, 0.25) is 0 Å². The molecule has 18 heavy (non-hydrogen) atoms. The Kier molecular flexibility index (Phi) is 4.33. The van der Waals surface area contributed by atoms with Crippen molar-refractivity contribution < 1.29 is 4.74 Å². The highest BCUT2D eigenvalue weighted by Crippen LogP contribution is 2.26. The fourth-order valence-corrected chi connectivity index (χ4v) is 2.32. The van der Waals surface area contributed by atoms with Crippen molar-refractivity contribution in [1.29, 1.82) is 0 Å². The van der Waals surface area contributed by atoms with E-state index in [1.165, 1.54) is 0 Å². The van der Waals surface area contributed by atoms with Gasteiger partial charge in [0.1, 0.15) is 5.75 Å². The number of ether oxygens (including phenoxy) is 1. The second kappa shape index (κ2) is 5.98. The number of rotatable bonds is 4. The summed E-state index contributed by atoms with van der Waals surface area (Å²) in [5, 5.41) is 0. The van der Waals surface area contributed by atoms with Crippen LogP contribution in [-0.2, 0) is 6.42 Å². The minimum absolute atomic E-state index is 0.0998. The topological polar surface area (TPSA) is 48.1 Å². The minimum atomic E-state index is -0.0998. The van der Waals surface area contributed by atoms with Crippen LogP contribution in [0.15, 0.2) is 47.2 Å². The van der Waals surface area contributed by atoms with E-state index >= 15 is 0 Å². The van der Waals surface area contributed by atoms with E-state index in [0.717, 1.165) is 27.8 Å². The van der Waals surface area contributed by atoms with Gasteiger partial charge in [0.2, 0.25) is 0 Å². The van der Waals surface area contributed by atoms with E-state index in [4.69, 9.17) is 10.5 Å². The third-order valence-electron chi connectivity index (χ3n) is 2.76. The molecule has 0 saturated carbocycles. The summed E-state index contributed by atoms with van der Waals surface area (Å²) in [5.41, 5.74) is 8.34. The van der Waals surface area contributed by atoms with E-state index in [-0.39, 0.29) is 6.04 Å². The number of aromatic nitrogens is 1. The van der Waals surface area contributed by atoms with Crippen molar-refractivity contribution in [3.8, 4) is 5.75 Å². The maximum absolute atomic E-state index is 6.23. The van der Waals surface area contributed by atoms with Crippen LogP contribution in [0.25, 0.3) is 0 Å². The van der Waals surface area contributed by atoms with Crippen molar-refractivity contribution >= 4 is 15.9 Å². The van der Waals surface area contributed by atoms with E-state index in [1.54, 1.807) is 13.3 Å². The van der Waals surface area contributed by atoms with Gasteiger partial charge in [0.25, 0.3) is 0 Å². The molecular weight excluding hydrogens is 292 g/mol. The molecule has 3 nitrogen and oxygen atoms in total. The van der Waals surface area contributed by atoms with Crippen molar-refractivity contribution in [2.75, 3.05) is 7.11 Å². The van der Waals surface area contributed by atoms with Crippen LogP contribution in [0, 0.1) is 0 Å². The van der Waals surface area contributed by atoms with E-state index in [0.29, 0.717) is 0 Å². The Balaban J connectivity index is 2.19. The summed E-state index contributed by atoms with van der Waals surface area (Å²) in [5.74, 6) is 0.827. The summed E-state index contributed by atoms with van der Waals surface area (Å²) in [6.45, 7) is 0. The zero-order valence-electron chi connectivity index (χ0n) is 10.1. The smallest absolute Gasteiger partial charge is 0.123 e. The number of pyridine rings is 1. The Labute approximate surface area is 115 Å². The third kappa shape index (κ3) is 3.09. The van der Waals surface area contributed by atoms with E-state index in [9.17, 15) is 0 Å². The monoisotopic (exact) mass is 306 g/mol. The molecule has 0 fully saturated rings.